The standard InChI is InChI=1S/C20H18S/c1-2-6-13(7-3-1)19-17-9-5-4-8-16(17)18-14-10-11-15(12-14)20(18)21-19/h1-11,14-16,18,20H,12H2/t14?,15?,16-,18+,20+/m1/s1. The summed E-state index contributed by atoms with van der Waals surface area (Å²) in [6, 6.07) is 11.0. The van der Waals surface area contributed by atoms with Gasteiger partial charge in [0.15, 0.2) is 0 Å². The van der Waals surface area contributed by atoms with Gasteiger partial charge in [-0.1, -0.05) is 66.8 Å². The van der Waals surface area contributed by atoms with Gasteiger partial charge in [0.05, 0.1) is 0 Å². The highest BCUT2D eigenvalue weighted by atomic mass is 32.2. The quantitative estimate of drug-likeness (QED) is 0.650. The molecule has 104 valence electrons. The van der Waals surface area contributed by atoms with Crippen LogP contribution in [0.2, 0.25) is 0 Å². The summed E-state index contributed by atoms with van der Waals surface area (Å²) in [5, 5.41) is 0.778. The summed E-state index contributed by atoms with van der Waals surface area (Å²) in [7, 11) is 0. The van der Waals surface area contributed by atoms with Crippen LogP contribution < -0.4 is 0 Å². The Labute approximate surface area is 130 Å². The minimum Gasteiger partial charge on any atom is -0.121 e. The van der Waals surface area contributed by atoms with Crippen molar-refractivity contribution < 1.29 is 0 Å². The maximum atomic E-state index is 2.49. The van der Waals surface area contributed by atoms with Gasteiger partial charge in [0.1, 0.15) is 0 Å². The zero-order valence-corrected chi connectivity index (χ0v) is 12.7. The minimum atomic E-state index is 0.622. The van der Waals surface area contributed by atoms with Crippen molar-refractivity contribution in [1.82, 2.24) is 0 Å². The number of hydrogen-bond donors (Lipinski definition) is 0. The Hall–Kier alpha value is -1.47. The Morgan fingerprint density at radius 3 is 2.67 bits per heavy atom. The summed E-state index contributed by atoms with van der Waals surface area (Å²) in [6.07, 6.45) is 15.6. The molecule has 0 nitrogen and oxygen atoms in total. The third-order valence-corrected chi connectivity index (χ3v) is 7.12. The zero-order valence-electron chi connectivity index (χ0n) is 11.9. The number of rotatable bonds is 1. The fraction of sp³-hybridized carbons (Fsp3) is 0.300. The van der Waals surface area contributed by atoms with Crippen molar-refractivity contribution >= 4 is 16.7 Å². The van der Waals surface area contributed by atoms with Gasteiger partial charge in [-0.15, -0.1) is 11.8 Å². The van der Waals surface area contributed by atoms with Crippen molar-refractivity contribution in [3.05, 3.63) is 77.9 Å². The first-order valence-electron chi connectivity index (χ1n) is 7.91. The van der Waals surface area contributed by atoms with E-state index in [4.69, 9.17) is 0 Å². The van der Waals surface area contributed by atoms with Crippen LogP contribution in [0, 0.1) is 23.7 Å². The molecule has 2 unspecified atom stereocenters. The highest BCUT2D eigenvalue weighted by molar-refractivity contribution is 8.09. The molecule has 1 heterocycles. The topological polar surface area (TPSA) is 0 Å². The normalized spacial score (nSPS) is 38.8. The molecule has 1 fully saturated rings. The third kappa shape index (κ3) is 1.70. The van der Waals surface area contributed by atoms with E-state index in [2.05, 4.69) is 78.5 Å². The summed E-state index contributed by atoms with van der Waals surface area (Å²) in [5.74, 6) is 3.04. The molecule has 0 aromatic heterocycles. The van der Waals surface area contributed by atoms with Gasteiger partial charge in [-0.2, -0.15) is 0 Å². The fourth-order valence-corrected chi connectivity index (χ4v) is 6.39. The molecule has 3 aliphatic carbocycles. The molecule has 1 saturated carbocycles. The number of allylic oxidation sites excluding steroid dienone is 7. The molecule has 4 aliphatic rings. The molecule has 5 rings (SSSR count). The van der Waals surface area contributed by atoms with Gasteiger partial charge < -0.3 is 0 Å². The van der Waals surface area contributed by atoms with Crippen LogP contribution >= 0.6 is 11.8 Å². The highest BCUT2D eigenvalue weighted by Gasteiger charge is 2.51. The number of benzene rings is 1. The summed E-state index contributed by atoms with van der Waals surface area (Å²) >= 11 is 2.15. The van der Waals surface area contributed by atoms with Gasteiger partial charge in [0.2, 0.25) is 0 Å². The average Bonchev–Trinajstić information content (AvgIpc) is 3.17. The SMILES string of the molecule is C1=CC2=C(c3ccccc3)S[C@H]3C4C=CC(C4)[C@H]3[C@@H]2C=C1. The lowest BCUT2D eigenvalue weighted by Gasteiger charge is -2.40. The van der Waals surface area contributed by atoms with Crippen LogP contribution in [0.25, 0.3) is 4.91 Å². The van der Waals surface area contributed by atoms with Crippen LogP contribution in [0.1, 0.15) is 12.0 Å². The van der Waals surface area contributed by atoms with Gasteiger partial charge >= 0.3 is 0 Å². The minimum absolute atomic E-state index is 0.622. The zero-order chi connectivity index (χ0) is 13.8. The molecular weight excluding hydrogens is 272 g/mol. The van der Waals surface area contributed by atoms with E-state index in [1.807, 2.05) is 0 Å². The van der Waals surface area contributed by atoms with Crippen molar-refractivity contribution in [2.75, 3.05) is 0 Å². The largest absolute Gasteiger partial charge is 0.121 e. The van der Waals surface area contributed by atoms with E-state index in [-0.39, 0.29) is 0 Å². The molecular formula is C20H18S. The van der Waals surface area contributed by atoms with E-state index in [1.165, 1.54) is 16.9 Å². The molecule has 1 aliphatic heterocycles. The molecule has 0 spiro atoms. The van der Waals surface area contributed by atoms with Gasteiger partial charge in [-0.05, 0) is 35.3 Å². The van der Waals surface area contributed by atoms with Crippen LogP contribution in [0.15, 0.2) is 72.4 Å². The third-order valence-electron chi connectivity index (χ3n) is 5.48. The average molecular weight is 290 g/mol. The summed E-state index contributed by atoms with van der Waals surface area (Å²) in [5.41, 5.74) is 2.95. The van der Waals surface area contributed by atoms with Crippen molar-refractivity contribution in [2.45, 2.75) is 11.7 Å². The molecule has 2 bridgehead atoms. The molecule has 21 heavy (non-hydrogen) atoms. The molecule has 1 aromatic rings. The summed E-state index contributed by atoms with van der Waals surface area (Å²) in [6.45, 7) is 0. The smallest absolute Gasteiger partial charge is 0.0200 e. The first kappa shape index (κ1) is 12.1. The van der Waals surface area contributed by atoms with E-state index < -0.39 is 0 Å². The second-order valence-electron chi connectivity index (χ2n) is 6.53. The van der Waals surface area contributed by atoms with E-state index in [0.717, 1.165) is 23.0 Å². The van der Waals surface area contributed by atoms with Crippen molar-refractivity contribution in [3.8, 4) is 0 Å². The van der Waals surface area contributed by atoms with E-state index in [0.29, 0.717) is 5.92 Å². The van der Waals surface area contributed by atoms with Gasteiger partial charge in [-0.25, -0.2) is 0 Å². The Balaban J connectivity index is 1.66. The lowest BCUT2D eigenvalue weighted by molar-refractivity contribution is 0.385. The van der Waals surface area contributed by atoms with Crippen molar-refractivity contribution in [1.29, 1.82) is 0 Å². The second kappa shape index (κ2) is 4.51. The first-order valence-corrected chi connectivity index (χ1v) is 8.79. The number of thioether (sulfide) groups is 1. The van der Waals surface area contributed by atoms with Crippen LogP contribution in [0.3, 0.4) is 0 Å². The maximum absolute atomic E-state index is 2.49. The van der Waals surface area contributed by atoms with Gasteiger partial charge in [0, 0.05) is 16.1 Å². The van der Waals surface area contributed by atoms with Gasteiger partial charge in [-0.3, -0.25) is 0 Å². The lowest BCUT2D eigenvalue weighted by atomic mass is 9.75. The predicted molar refractivity (Wildman–Crippen MR) is 90.7 cm³/mol. The van der Waals surface area contributed by atoms with Gasteiger partial charge in [0.25, 0.3) is 0 Å². The number of fused-ring (bicyclic) bond motifs is 7. The predicted octanol–water partition coefficient (Wildman–Crippen LogP) is 5.08. The molecule has 0 radical (unpaired) electrons. The van der Waals surface area contributed by atoms with E-state index in [9.17, 15) is 0 Å². The van der Waals surface area contributed by atoms with E-state index in [1.54, 1.807) is 5.57 Å². The molecule has 0 saturated heterocycles. The molecule has 0 amide bonds. The van der Waals surface area contributed by atoms with Crippen LogP contribution in [-0.2, 0) is 0 Å². The summed E-state index contributed by atoms with van der Waals surface area (Å²) < 4.78 is 0. The monoisotopic (exact) mass is 290 g/mol. The Kier molecular flexibility index (Phi) is 2.60. The molecule has 0 N–H and O–H groups in total. The Morgan fingerprint density at radius 2 is 1.76 bits per heavy atom. The van der Waals surface area contributed by atoms with Crippen LogP contribution in [-0.4, -0.2) is 5.25 Å². The lowest BCUT2D eigenvalue weighted by Crippen LogP contribution is -2.33. The molecule has 1 aromatic carbocycles. The fourth-order valence-electron chi connectivity index (χ4n) is 4.60. The van der Waals surface area contributed by atoms with E-state index >= 15 is 0 Å². The van der Waals surface area contributed by atoms with Crippen LogP contribution in [0.5, 0.6) is 0 Å². The van der Waals surface area contributed by atoms with Crippen LogP contribution in [0.4, 0.5) is 0 Å². The first-order chi connectivity index (χ1) is 10.4. The Bertz CT molecular complexity index is 692. The molecule has 5 atom stereocenters. The maximum Gasteiger partial charge on any atom is 0.0200 e. The summed E-state index contributed by atoms with van der Waals surface area (Å²) in [4.78, 5) is 1.52. The highest BCUT2D eigenvalue weighted by Crippen LogP contribution is 2.61. The Morgan fingerprint density at radius 1 is 0.905 bits per heavy atom. The van der Waals surface area contributed by atoms with Crippen molar-refractivity contribution in [2.24, 2.45) is 23.7 Å². The van der Waals surface area contributed by atoms with Crippen molar-refractivity contribution in [3.63, 3.8) is 0 Å². The number of hydrogen-bond acceptors (Lipinski definition) is 1. The second-order valence-corrected chi connectivity index (χ2v) is 7.72. The molecule has 1 heteroatoms.